The second-order valence-corrected chi connectivity index (χ2v) is 5.53. The van der Waals surface area contributed by atoms with E-state index in [4.69, 9.17) is 4.74 Å². The van der Waals surface area contributed by atoms with Crippen molar-refractivity contribution in [1.82, 2.24) is 10.2 Å². The highest BCUT2D eigenvalue weighted by Crippen LogP contribution is 2.22. The van der Waals surface area contributed by atoms with Gasteiger partial charge in [0.25, 0.3) is 0 Å². The maximum Gasteiger partial charge on any atom is 0.145 e. The van der Waals surface area contributed by atoms with Crippen molar-refractivity contribution < 1.29 is 4.74 Å². The lowest BCUT2D eigenvalue weighted by molar-refractivity contribution is 0.101. The van der Waals surface area contributed by atoms with Crippen LogP contribution in [0, 0.1) is 11.3 Å². The summed E-state index contributed by atoms with van der Waals surface area (Å²) < 4.78 is 5.21. The number of benzene rings is 1. The summed E-state index contributed by atoms with van der Waals surface area (Å²) in [5.41, 5.74) is 0.325. The normalized spacial score (nSPS) is 15.4. The Labute approximate surface area is 128 Å². The number of nitrogens with one attached hydrogen (secondary N) is 1. The van der Waals surface area contributed by atoms with E-state index >= 15 is 0 Å². The zero-order chi connectivity index (χ0) is 15.7. The first kappa shape index (κ1) is 17.6. The van der Waals surface area contributed by atoms with Crippen LogP contribution in [0.25, 0.3) is 0 Å². The van der Waals surface area contributed by atoms with Gasteiger partial charge in [-0.3, -0.25) is 10.2 Å². The molecule has 116 valence electrons. The maximum atomic E-state index is 9.85. The van der Waals surface area contributed by atoms with Crippen LogP contribution in [0.15, 0.2) is 30.3 Å². The number of nitrogens with zero attached hydrogens (tertiary/aromatic N) is 2. The van der Waals surface area contributed by atoms with E-state index in [1.165, 1.54) is 0 Å². The monoisotopic (exact) mass is 289 g/mol. The molecule has 1 aromatic carbocycles. The van der Waals surface area contributed by atoms with Gasteiger partial charge in [0.2, 0.25) is 0 Å². The van der Waals surface area contributed by atoms with Crippen molar-refractivity contribution in [2.24, 2.45) is 0 Å². The third-order valence-corrected chi connectivity index (χ3v) is 3.78. The summed E-state index contributed by atoms with van der Waals surface area (Å²) >= 11 is 0. The molecule has 0 saturated heterocycles. The lowest BCUT2D eigenvalue weighted by atomic mass is 9.90. The van der Waals surface area contributed by atoms with Gasteiger partial charge in [-0.25, -0.2) is 0 Å². The molecule has 0 heterocycles. The summed E-state index contributed by atoms with van der Waals surface area (Å²) in [6.07, 6.45) is 0.994. The molecule has 21 heavy (non-hydrogen) atoms. The number of nitriles is 1. The van der Waals surface area contributed by atoms with Crippen LogP contribution >= 0.6 is 0 Å². The van der Waals surface area contributed by atoms with Gasteiger partial charge in [0.1, 0.15) is 5.54 Å². The Bertz CT molecular complexity index is 443. The molecule has 0 radical (unpaired) electrons. The second-order valence-electron chi connectivity index (χ2n) is 5.53. The Morgan fingerprint density at radius 2 is 2.05 bits per heavy atom. The Hall–Kier alpha value is -1.41. The Morgan fingerprint density at radius 1 is 1.38 bits per heavy atom. The minimum atomic E-state index is -0.686. The number of methoxy groups -OCH3 is 1. The van der Waals surface area contributed by atoms with Gasteiger partial charge in [-0.15, -0.1) is 0 Å². The molecule has 2 unspecified atom stereocenters. The SMILES string of the molecule is CCCNC(C#N)(CN(C)C(C)COC)c1ccccc1. The molecule has 0 amide bonds. The van der Waals surface area contributed by atoms with Gasteiger partial charge in [0, 0.05) is 19.7 Å². The second kappa shape index (κ2) is 8.78. The van der Waals surface area contributed by atoms with Crippen molar-refractivity contribution in [2.75, 3.05) is 33.9 Å². The van der Waals surface area contributed by atoms with Gasteiger partial charge in [0.15, 0.2) is 0 Å². The van der Waals surface area contributed by atoms with E-state index < -0.39 is 5.54 Å². The summed E-state index contributed by atoms with van der Waals surface area (Å²) in [4.78, 5) is 2.17. The minimum Gasteiger partial charge on any atom is -0.383 e. The molecule has 4 heteroatoms. The van der Waals surface area contributed by atoms with Crippen LogP contribution in [-0.4, -0.2) is 44.8 Å². The van der Waals surface area contributed by atoms with E-state index in [0.717, 1.165) is 18.5 Å². The van der Waals surface area contributed by atoms with E-state index in [0.29, 0.717) is 13.2 Å². The summed E-state index contributed by atoms with van der Waals surface area (Å²) in [6, 6.07) is 12.7. The molecule has 0 aliphatic heterocycles. The fraction of sp³-hybridized carbons (Fsp3) is 0.588. The van der Waals surface area contributed by atoms with Gasteiger partial charge in [-0.2, -0.15) is 5.26 Å². The number of hydrogen-bond donors (Lipinski definition) is 1. The molecule has 1 N–H and O–H groups in total. The lowest BCUT2D eigenvalue weighted by Gasteiger charge is -2.35. The third-order valence-electron chi connectivity index (χ3n) is 3.78. The van der Waals surface area contributed by atoms with Crippen molar-refractivity contribution >= 4 is 0 Å². The van der Waals surface area contributed by atoms with Gasteiger partial charge >= 0.3 is 0 Å². The summed E-state index contributed by atoms with van der Waals surface area (Å²) in [6.45, 7) is 6.31. The van der Waals surface area contributed by atoms with Gasteiger partial charge in [0.05, 0.1) is 12.7 Å². The fourth-order valence-electron chi connectivity index (χ4n) is 2.35. The van der Waals surface area contributed by atoms with Crippen molar-refractivity contribution in [1.29, 1.82) is 5.26 Å². The summed E-state index contributed by atoms with van der Waals surface area (Å²) in [5, 5.41) is 13.3. The molecule has 2 atom stereocenters. The summed E-state index contributed by atoms with van der Waals surface area (Å²) in [5.74, 6) is 0. The molecule has 1 rings (SSSR count). The van der Waals surface area contributed by atoms with Crippen LogP contribution in [0.1, 0.15) is 25.8 Å². The van der Waals surface area contributed by atoms with Crippen LogP contribution in [0.5, 0.6) is 0 Å². The molecule has 0 fully saturated rings. The number of rotatable bonds is 9. The van der Waals surface area contributed by atoms with Gasteiger partial charge in [-0.05, 0) is 32.5 Å². The molecule has 0 aliphatic rings. The number of ether oxygens (including phenoxy) is 1. The fourth-order valence-corrected chi connectivity index (χ4v) is 2.35. The van der Waals surface area contributed by atoms with E-state index in [2.05, 4.69) is 30.1 Å². The standard InChI is InChI=1S/C17H27N3O/c1-5-11-19-17(13-18,16-9-7-6-8-10-16)14-20(3)15(2)12-21-4/h6-10,15,19H,5,11-12,14H2,1-4H3. The first-order chi connectivity index (χ1) is 10.1. The first-order valence-electron chi connectivity index (χ1n) is 7.50. The molecular weight excluding hydrogens is 262 g/mol. The van der Waals surface area contributed by atoms with Crippen molar-refractivity contribution in [3.8, 4) is 6.07 Å². The zero-order valence-corrected chi connectivity index (χ0v) is 13.6. The van der Waals surface area contributed by atoms with Gasteiger partial charge < -0.3 is 4.74 Å². The highest BCUT2D eigenvalue weighted by molar-refractivity contribution is 5.32. The first-order valence-corrected chi connectivity index (χ1v) is 7.50. The van der Waals surface area contributed by atoms with Crippen LogP contribution in [0.3, 0.4) is 0 Å². The van der Waals surface area contributed by atoms with Crippen LogP contribution in [0.2, 0.25) is 0 Å². The molecule has 0 spiro atoms. The number of likely N-dealkylation sites (N-methyl/N-ethyl adjacent to an activating group) is 1. The average molecular weight is 289 g/mol. The molecule has 0 aromatic heterocycles. The quantitative estimate of drug-likeness (QED) is 0.758. The summed E-state index contributed by atoms with van der Waals surface area (Å²) in [7, 11) is 3.74. The van der Waals surface area contributed by atoms with Crippen molar-refractivity contribution in [3.63, 3.8) is 0 Å². The van der Waals surface area contributed by atoms with Crippen LogP contribution < -0.4 is 5.32 Å². The predicted molar refractivity (Wildman–Crippen MR) is 86.0 cm³/mol. The molecule has 4 nitrogen and oxygen atoms in total. The third kappa shape index (κ3) is 4.82. The minimum absolute atomic E-state index is 0.259. The largest absolute Gasteiger partial charge is 0.383 e. The maximum absolute atomic E-state index is 9.85. The van der Waals surface area contributed by atoms with E-state index in [-0.39, 0.29) is 6.04 Å². The topological polar surface area (TPSA) is 48.3 Å². The highest BCUT2D eigenvalue weighted by atomic mass is 16.5. The van der Waals surface area contributed by atoms with E-state index in [1.54, 1.807) is 7.11 Å². The average Bonchev–Trinajstić information content (AvgIpc) is 2.52. The van der Waals surface area contributed by atoms with Crippen molar-refractivity contribution in [3.05, 3.63) is 35.9 Å². The Kier molecular flexibility index (Phi) is 7.38. The Morgan fingerprint density at radius 3 is 2.57 bits per heavy atom. The van der Waals surface area contributed by atoms with Gasteiger partial charge in [-0.1, -0.05) is 37.3 Å². The predicted octanol–water partition coefficient (Wildman–Crippen LogP) is 2.37. The molecule has 0 saturated carbocycles. The van der Waals surface area contributed by atoms with Crippen LogP contribution in [-0.2, 0) is 10.3 Å². The molecule has 0 aliphatic carbocycles. The molecule has 0 bridgehead atoms. The van der Waals surface area contributed by atoms with E-state index in [1.807, 2.05) is 37.4 Å². The smallest absolute Gasteiger partial charge is 0.145 e. The van der Waals surface area contributed by atoms with E-state index in [9.17, 15) is 5.26 Å². The Balaban J connectivity index is 2.99. The number of hydrogen-bond acceptors (Lipinski definition) is 4. The molecule has 1 aromatic rings. The lowest BCUT2D eigenvalue weighted by Crippen LogP contribution is -2.52. The van der Waals surface area contributed by atoms with Crippen LogP contribution in [0.4, 0.5) is 0 Å². The highest BCUT2D eigenvalue weighted by Gasteiger charge is 2.33. The molecular formula is C17H27N3O. The van der Waals surface area contributed by atoms with Crippen molar-refractivity contribution in [2.45, 2.75) is 31.8 Å². The zero-order valence-electron chi connectivity index (χ0n) is 13.6.